The molecular weight excluding hydrogens is 254 g/mol. The van der Waals surface area contributed by atoms with Crippen LogP contribution in [0.1, 0.15) is 20.3 Å². The van der Waals surface area contributed by atoms with E-state index in [1.165, 1.54) is 7.11 Å². The summed E-state index contributed by atoms with van der Waals surface area (Å²) in [6.45, 7) is 3.72. The summed E-state index contributed by atoms with van der Waals surface area (Å²) in [4.78, 5) is 33.1. The number of methoxy groups -OCH3 is 1. The standard InChI is InChI=1S/C11H21N3O5/c1-7(2)14-9(15)4-5-12-11(18)13-6-8(19-3)10(16)17/h7-8H,4-6H2,1-3H3,(H,14,15)(H,16,17)(H2,12,13,18). The van der Waals surface area contributed by atoms with Crippen molar-refractivity contribution in [2.45, 2.75) is 32.4 Å². The largest absolute Gasteiger partial charge is 0.479 e. The minimum Gasteiger partial charge on any atom is -0.479 e. The van der Waals surface area contributed by atoms with Crippen molar-refractivity contribution in [3.8, 4) is 0 Å². The molecule has 0 aliphatic rings. The first-order chi connectivity index (χ1) is 8.86. The molecule has 1 unspecified atom stereocenters. The number of nitrogens with one attached hydrogen (secondary N) is 3. The van der Waals surface area contributed by atoms with Crippen LogP contribution in [0.5, 0.6) is 0 Å². The fourth-order valence-corrected chi connectivity index (χ4v) is 1.20. The summed E-state index contributed by atoms with van der Waals surface area (Å²) in [7, 11) is 1.24. The zero-order valence-corrected chi connectivity index (χ0v) is 11.4. The summed E-state index contributed by atoms with van der Waals surface area (Å²) in [6, 6.07) is -0.486. The summed E-state index contributed by atoms with van der Waals surface area (Å²) in [5.74, 6) is -1.31. The molecule has 0 saturated carbocycles. The van der Waals surface area contributed by atoms with E-state index >= 15 is 0 Å². The van der Waals surface area contributed by atoms with Gasteiger partial charge in [0.05, 0.1) is 6.54 Å². The maximum Gasteiger partial charge on any atom is 0.334 e. The lowest BCUT2D eigenvalue weighted by atomic mass is 10.3. The molecule has 4 N–H and O–H groups in total. The Labute approximate surface area is 111 Å². The zero-order valence-electron chi connectivity index (χ0n) is 11.4. The van der Waals surface area contributed by atoms with Crippen LogP contribution in [0.15, 0.2) is 0 Å². The van der Waals surface area contributed by atoms with Gasteiger partial charge in [-0.15, -0.1) is 0 Å². The molecule has 0 saturated heterocycles. The molecule has 0 aromatic carbocycles. The number of amides is 3. The Morgan fingerprint density at radius 2 is 1.84 bits per heavy atom. The quantitative estimate of drug-likeness (QED) is 0.467. The average molecular weight is 275 g/mol. The molecule has 1 atom stereocenters. The van der Waals surface area contributed by atoms with Gasteiger partial charge in [0, 0.05) is 26.1 Å². The van der Waals surface area contributed by atoms with Gasteiger partial charge in [-0.3, -0.25) is 4.79 Å². The van der Waals surface area contributed by atoms with Crippen molar-refractivity contribution in [1.82, 2.24) is 16.0 Å². The molecule has 0 aliphatic heterocycles. The zero-order chi connectivity index (χ0) is 14.8. The molecule has 0 heterocycles. The number of ether oxygens (including phenoxy) is 1. The number of carbonyl (C=O) groups is 3. The lowest BCUT2D eigenvalue weighted by molar-refractivity contribution is -0.148. The third-order valence-electron chi connectivity index (χ3n) is 2.10. The van der Waals surface area contributed by atoms with Crippen molar-refractivity contribution in [1.29, 1.82) is 0 Å². The molecule has 0 radical (unpaired) electrons. The predicted molar refractivity (Wildman–Crippen MR) is 67.7 cm³/mol. The highest BCUT2D eigenvalue weighted by atomic mass is 16.5. The Bertz CT molecular complexity index is 319. The maximum absolute atomic E-state index is 11.3. The van der Waals surface area contributed by atoms with Gasteiger partial charge < -0.3 is 25.8 Å². The van der Waals surface area contributed by atoms with E-state index in [0.29, 0.717) is 0 Å². The lowest BCUT2D eigenvalue weighted by Crippen LogP contribution is -2.43. The summed E-state index contributed by atoms with van der Waals surface area (Å²) < 4.78 is 4.64. The molecule has 8 heteroatoms. The van der Waals surface area contributed by atoms with Crippen molar-refractivity contribution < 1.29 is 24.2 Å². The first-order valence-corrected chi connectivity index (χ1v) is 5.93. The van der Waals surface area contributed by atoms with Gasteiger partial charge in [-0.1, -0.05) is 0 Å². The monoisotopic (exact) mass is 275 g/mol. The molecule has 0 aliphatic carbocycles. The first kappa shape index (κ1) is 17.2. The van der Waals surface area contributed by atoms with Crippen LogP contribution in [0.3, 0.4) is 0 Å². The van der Waals surface area contributed by atoms with Crippen molar-refractivity contribution >= 4 is 17.9 Å². The van der Waals surface area contributed by atoms with E-state index in [1.807, 2.05) is 13.8 Å². The van der Waals surface area contributed by atoms with E-state index in [4.69, 9.17) is 5.11 Å². The molecule has 19 heavy (non-hydrogen) atoms. The highest BCUT2D eigenvalue weighted by Gasteiger charge is 2.16. The van der Waals surface area contributed by atoms with Crippen molar-refractivity contribution in [2.24, 2.45) is 0 Å². The Kier molecular flexibility index (Phi) is 8.27. The SMILES string of the molecule is COC(CNC(=O)NCCC(=O)NC(C)C)C(=O)O. The number of carbonyl (C=O) groups excluding carboxylic acids is 2. The molecular formula is C11H21N3O5. The molecule has 0 rings (SSSR count). The van der Waals surface area contributed by atoms with E-state index in [-0.39, 0.29) is 31.5 Å². The second kappa shape index (κ2) is 9.15. The molecule has 0 aromatic rings. The Balaban J connectivity index is 3.76. The average Bonchev–Trinajstić information content (AvgIpc) is 2.28. The lowest BCUT2D eigenvalue weighted by Gasteiger charge is -2.12. The second-order valence-electron chi connectivity index (χ2n) is 4.17. The molecule has 0 spiro atoms. The van der Waals surface area contributed by atoms with Crippen LogP contribution in [-0.4, -0.2) is 55.4 Å². The normalized spacial score (nSPS) is 11.8. The summed E-state index contributed by atoms with van der Waals surface area (Å²) in [5, 5.41) is 16.1. The van der Waals surface area contributed by atoms with Gasteiger partial charge in [-0.05, 0) is 13.8 Å². The molecule has 110 valence electrons. The smallest absolute Gasteiger partial charge is 0.334 e. The van der Waals surface area contributed by atoms with E-state index in [9.17, 15) is 14.4 Å². The van der Waals surface area contributed by atoms with Gasteiger partial charge in [0.2, 0.25) is 5.91 Å². The Morgan fingerprint density at radius 3 is 2.32 bits per heavy atom. The number of aliphatic carboxylic acids is 1. The van der Waals surface area contributed by atoms with Crippen molar-refractivity contribution in [3.63, 3.8) is 0 Å². The second-order valence-corrected chi connectivity index (χ2v) is 4.17. The number of rotatable bonds is 8. The minimum absolute atomic E-state index is 0.0550. The number of carboxylic acid groups (broad SMARTS) is 1. The van der Waals surface area contributed by atoms with Gasteiger partial charge in [0.1, 0.15) is 0 Å². The number of hydrogen-bond acceptors (Lipinski definition) is 4. The topological polar surface area (TPSA) is 117 Å². The molecule has 0 fully saturated rings. The fraction of sp³-hybridized carbons (Fsp3) is 0.727. The number of carboxylic acids is 1. The van der Waals surface area contributed by atoms with Gasteiger partial charge in [0.25, 0.3) is 0 Å². The van der Waals surface area contributed by atoms with Crippen molar-refractivity contribution in [2.75, 3.05) is 20.2 Å². The fourth-order valence-electron chi connectivity index (χ4n) is 1.20. The van der Waals surface area contributed by atoms with Crippen molar-refractivity contribution in [3.05, 3.63) is 0 Å². The highest BCUT2D eigenvalue weighted by molar-refractivity contribution is 5.79. The number of urea groups is 1. The van der Waals surface area contributed by atoms with Gasteiger partial charge in [-0.2, -0.15) is 0 Å². The van der Waals surface area contributed by atoms with Crippen LogP contribution < -0.4 is 16.0 Å². The Morgan fingerprint density at radius 1 is 1.21 bits per heavy atom. The summed E-state index contributed by atoms with van der Waals surface area (Å²) in [5.41, 5.74) is 0. The third kappa shape index (κ3) is 8.83. The Hall–Kier alpha value is -1.83. The van der Waals surface area contributed by atoms with Crippen LogP contribution in [0, 0.1) is 0 Å². The molecule has 0 aromatic heterocycles. The van der Waals surface area contributed by atoms with Gasteiger partial charge in [-0.25, -0.2) is 9.59 Å². The van der Waals surface area contributed by atoms with Crippen LogP contribution in [0.2, 0.25) is 0 Å². The van der Waals surface area contributed by atoms with E-state index in [2.05, 4.69) is 20.7 Å². The predicted octanol–water partition coefficient (Wildman–Crippen LogP) is -0.700. The third-order valence-corrected chi connectivity index (χ3v) is 2.10. The van der Waals surface area contributed by atoms with Gasteiger partial charge >= 0.3 is 12.0 Å². The van der Waals surface area contributed by atoms with E-state index in [1.54, 1.807) is 0 Å². The first-order valence-electron chi connectivity index (χ1n) is 5.93. The molecule has 8 nitrogen and oxygen atoms in total. The minimum atomic E-state index is -1.15. The van der Waals surface area contributed by atoms with Crippen LogP contribution in [-0.2, 0) is 14.3 Å². The van der Waals surface area contributed by atoms with E-state index < -0.39 is 18.1 Å². The maximum atomic E-state index is 11.3. The van der Waals surface area contributed by atoms with E-state index in [0.717, 1.165) is 0 Å². The highest BCUT2D eigenvalue weighted by Crippen LogP contribution is 1.87. The van der Waals surface area contributed by atoms with Crippen LogP contribution in [0.25, 0.3) is 0 Å². The van der Waals surface area contributed by atoms with Crippen LogP contribution in [0.4, 0.5) is 4.79 Å². The molecule has 0 bridgehead atoms. The summed E-state index contributed by atoms with van der Waals surface area (Å²) in [6.07, 6.45) is -0.923. The van der Waals surface area contributed by atoms with Crippen LogP contribution >= 0.6 is 0 Å². The summed E-state index contributed by atoms with van der Waals surface area (Å²) >= 11 is 0. The molecule has 3 amide bonds. The van der Waals surface area contributed by atoms with Gasteiger partial charge in [0.15, 0.2) is 6.10 Å². The number of hydrogen-bond donors (Lipinski definition) is 4.